The smallest absolute Gasteiger partial charge is 0.233 e. The summed E-state index contributed by atoms with van der Waals surface area (Å²) < 4.78 is 19.1. The van der Waals surface area contributed by atoms with Crippen LogP contribution < -0.4 is 9.47 Å². The first-order valence-corrected chi connectivity index (χ1v) is 12.9. The van der Waals surface area contributed by atoms with Crippen LogP contribution in [0.4, 0.5) is 0 Å². The molecule has 0 aliphatic carbocycles. The summed E-state index contributed by atoms with van der Waals surface area (Å²) in [7, 11) is 0. The van der Waals surface area contributed by atoms with E-state index < -0.39 is 12.6 Å². The number of fused-ring (bicyclic) bond motifs is 6. The van der Waals surface area contributed by atoms with Crippen molar-refractivity contribution in [1.29, 1.82) is 0 Å². The molecule has 0 spiro atoms. The van der Waals surface area contributed by atoms with E-state index in [1.54, 1.807) is 0 Å². The maximum absolute atomic E-state index is 6.42. The van der Waals surface area contributed by atoms with Crippen LogP contribution in [-0.4, -0.2) is 11.8 Å². The summed E-state index contributed by atoms with van der Waals surface area (Å²) in [4.78, 5) is 0. The van der Waals surface area contributed by atoms with Crippen molar-refractivity contribution >= 4 is 23.2 Å². The molecule has 2 heterocycles. The highest BCUT2D eigenvalue weighted by molar-refractivity contribution is 6.18. The quantitative estimate of drug-likeness (QED) is 0.268. The zero-order valence-electron chi connectivity index (χ0n) is 19.5. The zero-order chi connectivity index (χ0) is 22.8. The number of alkyl halides is 2. The number of ether oxygens (including phenoxy) is 3. The minimum absolute atomic E-state index is 0.427. The lowest BCUT2D eigenvalue weighted by molar-refractivity contribution is -0.228. The fourth-order valence-corrected chi connectivity index (χ4v) is 5.16. The molecular weight excluding hydrogens is 443 g/mol. The van der Waals surface area contributed by atoms with Crippen LogP contribution in [0.15, 0.2) is 24.3 Å². The SMILES string of the molecule is Cc1cc(C(C)CCCCl)cc2c1OC1OC2Oc2c(C)cc(C(C)CCCCCl)cc21. The van der Waals surface area contributed by atoms with Gasteiger partial charge in [-0.25, -0.2) is 0 Å². The Morgan fingerprint density at radius 1 is 0.719 bits per heavy atom. The number of benzene rings is 2. The normalized spacial score (nSPS) is 20.6. The average molecular weight is 477 g/mol. The number of halogens is 2. The van der Waals surface area contributed by atoms with Crippen LogP contribution in [0.25, 0.3) is 0 Å². The van der Waals surface area contributed by atoms with Crippen LogP contribution in [-0.2, 0) is 4.74 Å². The molecule has 0 fully saturated rings. The molecule has 0 aromatic heterocycles. The van der Waals surface area contributed by atoms with E-state index in [4.69, 9.17) is 37.4 Å². The molecule has 2 aliphatic rings. The van der Waals surface area contributed by atoms with Crippen molar-refractivity contribution in [1.82, 2.24) is 0 Å². The third-order valence-corrected chi connectivity index (χ3v) is 7.32. The van der Waals surface area contributed by atoms with Gasteiger partial charge in [0.2, 0.25) is 12.6 Å². The molecule has 4 atom stereocenters. The van der Waals surface area contributed by atoms with Crippen LogP contribution in [0.2, 0.25) is 0 Å². The Balaban J connectivity index is 1.62. The van der Waals surface area contributed by atoms with Crippen LogP contribution >= 0.6 is 23.2 Å². The van der Waals surface area contributed by atoms with Crippen molar-refractivity contribution in [2.24, 2.45) is 0 Å². The van der Waals surface area contributed by atoms with Gasteiger partial charge >= 0.3 is 0 Å². The van der Waals surface area contributed by atoms with E-state index >= 15 is 0 Å². The molecule has 2 aliphatic heterocycles. The van der Waals surface area contributed by atoms with Crippen molar-refractivity contribution < 1.29 is 14.2 Å². The second-order valence-corrected chi connectivity index (χ2v) is 10.1. The van der Waals surface area contributed by atoms with Crippen molar-refractivity contribution in [2.75, 3.05) is 11.8 Å². The van der Waals surface area contributed by atoms with Gasteiger partial charge < -0.3 is 9.47 Å². The third-order valence-electron chi connectivity index (χ3n) is 6.79. The van der Waals surface area contributed by atoms with Crippen LogP contribution in [0, 0.1) is 13.8 Å². The second kappa shape index (κ2) is 10.2. The van der Waals surface area contributed by atoms with Gasteiger partial charge in [-0.3, -0.25) is 4.74 Å². The van der Waals surface area contributed by atoms with Gasteiger partial charge in [-0.05, 0) is 85.8 Å². The monoisotopic (exact) mass is 476 g/mol. The molecule has 4 rings (SSSR count). The molecule has 0 saturated heterocycles. The van der Waals surface area contributed by atoms with Crippen molar-refractivity contribution in [2.45, 2.75) is 84.2 Å². The van der Waals surface area contributed by atoms with Crippen LogP contribution in [0.5, 0.6) is 11.5 Å². The highest BCUT2D eigenvalue weighted by Gasteiger charge is 2.40. The van der Waals surface area contributed by atoms with Crippen molar-refractivity contribution in [3.63, 3.8) is 0 Å². The lowest BCUT2D eigenvalue weighted by atomic mass is 9.90. The van der Waals surface area contributed by atoms with Crippen molar-refractivity contribution in [3.8, 4) is 11.5 Å². The fraction of sp³-hybridized carbons (Fsp3) is 0.556. The summed E-state index contributed by atoms with van der Waals surface area (Å²) in [5.74, 6) is 4.08. The molecule has 0 amide bonds. The van der Waals surface area contributed by atoms with Gasteiger partial charge in [0.1, 0.15) is 11.5 Å². The van der Waals surface area contributed by atoms with Crippen molar-refractivity contribution in [3.05, 3.63) is 57.6 Å². The molecule has 0 radical (unpaired) electrons. The van der Waals surface area contributed by atoms with E-state index in [1.165, 1.54) is 11.1 Å². The lowest BCUT2D eigenvalue weighted by Crippen LogP contribution is -2.31. The fourth-order valence-electron chi connectivity index (χ4n) is 4.82. The predicted molar refractivity (Wildman–Crippen MR) is 132 cm³/mol. The van der Waals surface area contributed by atoms with E-state index in [2.05, 4.69) is 52.0 Å². The van der Waals surface area contributed by atoms with Gasteiger partial charge in [-0.1, -0.05) is 32.4 Å². The molecule has 32 heavy (non-hydrogen) atoms. The topological polar surface area (TPSA) is 27.7 Å². The van der Waals surface area contributed by atoms with E-state index in [0.717, 1.165) is 71.7 Å². The highest BCUT2D eigenvalue weighted by atomic mass is 35.5. The molecule has 5 heteroatoms. The number of hydrogen-bond acceptors (Lipinski definition) is 3. The Bertz CT molecular complexity index is 958. The summed E-state index contributed by atoms with van der Waals surface area (Å²) in [5, 5.41) is 0. The first kappa shape index (κ1) is 23.7. The largest absolute Gasteiger partial charge is 0.459 e. The highest BCUT2D eigenvalue weighted by Crippen LogP contribution is 2.51. The van der Waals surface area contributed by atoms with Crippen LogP contribution in [0.1, 0.15) is 104 Å². The number of unbranched alkanes of at least 4 members (excludes halogenated alkanes) is 1. The second-order valence-electron chi connectivity index (χ2n) is 9.37. The Kier molecular flexibility index (Phi) is 7.59. The maximum atomic E-state index is 6.42. The predicted octanol–water partition coefficient (Wildman–Crippen LogP) is 8.44. The molecule has 0 N–H and O–H groups in total. The molecule has 2 aromatic carbocycles. The summed E-state index contributed by atoms with van der Waals surface area (Å²) in [5.41, 5.74) is 6.82. The number of hydrogen-bond donors (Lipinski definition) is 0. The lowest BCUT2D eigenvalue weighted by Gasteiger charge is -2.39. The summed E-state index contributed by atoms with van der Waals surface area (Å²) in [6.07, 6.45) is 4.49. The molecule has 4 unspecified atom stereocenters. The minimum atomic E-state index is -0.444. The van der Waals surface area contributed by atoms with E-state index in [9.17, 15) is 0 Å². The summed E-state index contributed by atoms with van der Waals surface area (Å²) in [6.45, 7) is 8.75. The molecule has 174 valence electrons. The first-order chi connectivity index (χ1) is 15.4. The first-order valence-electron chi connectivity index (χ1n) is 11.8. The summed E-state index contributed by atoms with van der Waals surface area (Å²) in [6, 6.07) is 8.88. The van der Waals surface area contributed by atoms with Gasteiger partial charge in [0, 0.05) is 11.8 Å². The van der Waals surface area contributed by atoms with Gasteiger partial charge in [-0.15, -0.1) is 23.2 Å². The summed E-state index contributed by atoms with van der Waals surface area (Å²) >= 11 is 11.8. The van der Waals surface area contributed by atoms with Gasteiger partial charge in [0.25, 0.3) is 0 Å². The van der Waals surface area contributed by atoms with E-state index in [1.807, 2.05) is 0 Å². The minimum Gasteiger partial charge on any atom is -0.459 e. The van der Waals surface area contributed by atoms with Gasteiger partial charge in [-0.2, -0.15) is 0 Å². The third kappa shape index (κ3) is 4.76. The maximum Gasteiger partial charge on any atom is 0.233 e. The van der Waals surface area contributed by atoms with E-state index in [-0.39, 0.29) is 0 Å². The van der Waals surface area contributed by atoms with Gasteiger partial charge in [0.15, 0.2) is 0 Å². The Morgan fingerprint density at radius 3 is 1.66 bits per heavy atom. The molecule has 3 nitrogen and oxygen atoms in total. The standard InChI is InChI=1S/C27H34Cl2O3/c1-16(8-5-6-10-28)20-12-18(3)24-22(14-20)26-31-25-19(4)13-21(17(2)9-7-11-29)15-23(25)27(30-24)32-26/h12-17,26-27H,5-11H2,1-4H3. The number of rotatable bonds is 9. The number of aryl methyl sites for hydroxylation is 2. The van der Waals surface area contributed by atoms with Crippen LogP contribution in [0.3, 0.4) is 0 Å². The molecule has 2 bridgehead atoms. The Labute approximate surface area is 202 Å². The average Bonchev–Trinajstić information content (AvgIpc) is 2.78. The molecule has 0 saturated carbocycles. The molecule has 2 aromatic rings. The Morgan fingerprint density at radius 2 is 1.19 bits per heavy atom. The van der Waals surface area contributed by atoms with Gasteiger partial charge in [0.05, 0.1) is 11.1 Å². The zero-order valence-corrected chi connectivity index (χ0v) is 21.1. The Hall–Kier alpha value is -1.42. The van der Waals surface area contributed by atoms with E-state index in [0.29, 0.717) is 17.7 Å². The molecular formula is C27H34Cl2O3.